The summed E-state index contributed by atoms with van der Waals surface area (Å²) in [5.74, 6) is 1.33. The molecule has 1 saturated carbocycles. The van der Waals surface area contributed by atoms with Crippen molar-refractivity contribution in [2.45, 2.75) is 43.5 Å². The van der Waals surface area contributed by atoms with Crippen LogP contribution in [-0.2, 0) is 11.3 Å². The average Bonchev–Trinajstić information content (AvgIpc) is 2.98. The molecule has 1 aromatic heterocycles. The quantitative estimate of drug-likeness (QED) is 0.850. The van der Waals surface area contributed by atoms with Gasteiger partial charge in [-0.15, -0.1) is 10.2 Å². The molecule has 1 aliphatic heterocycles. The summed E-state index contributed by atoms with van der Waals surface area (Å²) in [4.78, 5) is 1.64. The lowest BCUT2D eigenvalue weighted by molar-refractivity contribution is -0.264. The molecule has 1 atom stereocenters. The Morgan fingerprint density at radius 3 is 2.70 bits per heavy atom. The predicted octanol–water partition coefficient (Wildman–Crippen LogP) is 2.10. The van der Waals surface area contributed by atoms with Crippen LogP contribution in [-0.4, -0.2) is 47.1 Å². The molecule has 2 heterocycles. The summed E-state index contributed by atoms with van der Waals surface area (Å²) in [6.07, 6.45) is -2.35. The van der Waals surface area contributed by atoms with E-state index >= 15 is 0 Å². The number of aromatic nitrogens is 2. The Labute approximate surface area is 114 Å². The van der Waals surface area contributed by atoms with Crippen LogP contribution in [0, 0.1) is 0 Å². The molecule has 1 aliphatic carbocycles. The standard InChI is InChI=1S/C12H16F3N3O2/c1-19-11(12(13,14)15)4-5-18(7-11)6-9-16-17-10(20-9)8-2-3-8/h8H,2-7H2,1H3. The number of ether oxygens (including phenoxy) is 1. The van der Waals surface area contributed by atoms with Gasteiger partial charge in [-0.3, -0.25) is 4.90 Å². The van der Waals surface area contributed by atoms with Crippen molar-refractivity contribution in [3.8, 4) is 0 Å². The van der Waals surface area contributed by atoms with Crippen molar-refractivity contribution in [1.82, 2.24) is 15.1 Å². The number of hydrogen-bond donors (Lipinski definition) is 0. The normalized spacial score (nSPS) is 28.2. The van der Waals surface area contributed by atoms with Gasteiger partial charge in [0.1, 0.15) is 0 Å². The molecule has 20 heavy (non-hydrogen) atoms. The highest BCUT2D eigenvalue weighted by atomic mass is 19.4. The van der Waals surface area contributed by atoms with Crippen LogP contribution in [0.25, 0.3) is 0 Å². The first-order valence-electron chi connectivity index (χ1n) is 6.60. The molecule has 112 valence electrons. The molecule has 0 amide bonds. The number of hydrogen-bond acceptors (Lipinski definition) is 5. The first-order chi connectivity index (χ1) is 9.43. The maximum atomic E-state index is 13.0. The number of alkyl halides is 3. The third kappa shape index (κ3) is 2.42. The molecule has 5 nitrogen and oxygen atoms in total. The lowest BCUT2D eigenvalue weighted by Gasteiger charge is -2.30. The van der Waals surface area contributed by atoms with Gasteiger partial charge in [0.15, 0.2) is 5.60 Å². The number of halogens is 3. The van der Waals surface area contributed by atoms with E-state index in [1.807, 2.05) is 0 Å². The first kappa shape index (κ1) is 13.8. The van der Waals surface area contributed by atoms with Crippen LogP contribution in [0.5, 0.6) is 0 Å². The van der Waals surface area contributed by atoms with Crippen molar-refractivity contribution < 1.29 is 22.3 Å². The van der Waals surface area contributed by atoms with E-state index in [1.54, 1.807) is 4.90 Å². The topological polar surface area (TPSA) is 51.4 Å². The SMILES string of the molecule is COC1(C(F)(F)F)CCN(Cc2nnc(C3CC3)o2)C1. The number of nitrogens with zero attached hydrogens (tertiary/aromatic N) is 3. The molecule has 0 spiro atoms. The summed E-state index contributed by atoms with van der Waals surface area (Å²) in [6.45, 7) is 0.337. The van der Waals surface area contributed by atoms with E-state index < -0.39 is 11.8 Å². The fraction of sp³-hybridized carbons (Fsp3) is 0.833. The Morgan fingerprint density at radius 1 is 1.40 bits per heavy atom. The number of rotatable bonds is 4. The number of methoxy groups -OCH3 is 1. The van der Waals surface area contributed by atoms with Gasteiger partial charge in [-0.25, -0.2) is 0 Å². The molecule has 1 aromatic rings. The summed E-state index contributed by atoms with van der Waals surface area (Å²) < 4.78 is 49.4. The molecule has 8 heteroatoms. The van der Waals surface area contributed by atoms with Crippen LogP contribution in [0.1, 0.15) is 37.0 Å². The second-order valence-corrected chi connectivity index (χ2v) is 5.47. The van der Waals surface area contributed by atoms with Crippen LogP contribution in [0.2, 0.25) is 0 Å². The van der Waals surface area contributed by atoms with Gasteiger partial charge < -0.3 is 9.15 Å². The van der Waals surface area contributed by atoms with Gasteiger partial charge in [-0.05, 0) is 19.3 Å². The Hall–Kier alpha value is -1.15. The van der Waals surface area contributed by atoms with Crippen LogP contribution in [0.3, 0.4) is 0 Å². The molecule has 2 aliphatic rings. The first-order valence-corrected chi connectivity index (χ1v) is 6.60. The molecule has 3 rings (SSSR count). The van der Waals surface area contributed by atoms with Gasteiger partial charge >= 0.3 is 6.18 Å². The van der Waals surface area contributed by atoms with Gasteiger partial charge in [0.2, 0.25) is 11.8 Å². The Morgan fingerprint density at radius 2 is 2.15 bits per heavy atom. The molecule has 0 N–H and O–H groups in total. The van der Waals surface area contributed by atoms with E-state index in [1.165, 1.54) is 0 Å². The van der Waals surface area contributed by atoms with Crippen LogP contribution < -0.4 is 0 Å². The number of likely N-dealkylation sites (tertiary alicyclic amines) is 1. The Kier molecular flexibility index (Phi) is 3.24. The second kappa shape index (κ2) is 4.70. The fourth-order valence-electron chi connectivity index (χ4n) is 2.52. The minimum atomic E-state index is -4.37. The van der Waals surface area contributed by atoms with Crippen molar-refractivity contribution in [1.29, 1.82) is 0 Å². The van der Waals surface area contributed by atoms with Gasteiger partial charge in [0, 0.05) is 26.1 Å². The van der Waals surface area contributed by atoms with Crippen molar-refractivity contribution >= 4 is 0 Å². The zero-order chi connectivity index (χ0) is 14.4. The summed E-state index contributed by atoms with van der Waals surface area (Å²) in [7, 11) is 1.11. The van der Waals surface area contributed by atoms with Crippen molar-refractivity contribution in [2.75, 3.05) is 20.2 Å². The van der Waals surface area contributed by atoms with E-state index in [-0.39, 0.29) is 19.5 Å². The summed E-state index contributed by atoms with van der Waals surface area (Å²) in [5, 5.41) is 7.83. The van der Waals surface area contributed by atoms with Gasteiger partial charge in [0.25, 0.3) is 0 Å². The van der Waals surface area contributed by atoms with Gasteiger partial charge in [-0.2, -0.15) is 13.2 Å². The Balaban J connectivity index is 1.64. The van der Waals surface area contributed by atoms with Gasteiger partial charge in [-0.1, -0.05) is 0 Å². The fourth-order valence-corrected chi connectivity index (χ4v) is 2.52. The molecule has 1 saturated heterocycles. The minimum absolute atomic E-state index is 0.0728. The third-order valence-corrected chi connectivity index (χ3v) is 3.99. The van der Waals surface area contributed by atoms with Crippen LogP contribution in [0.4, 0.5) is 13.2 Å². The van der Waals surface area contributed by atoms with Crippen molar-refractivity contribution in [3.05, 3.63) is 11.8 Å². The molecule has 2 fully saturated rings. The molecular weight excluding hydrogens is 275 g/mol. The van der Waals surface area contributed by atoms with Gasteiger partial charge in [0.05, 0.1) is 6.54 Å². The van der Waals surface area contributed by atoms with Crippen LogP contribution in [0.15, 0.2) is 4.42 Å². The molecule has 0 aromatic carbocycles. The molecule has 1 unspecified atom stereocenters. The van der Waals surface area contributed by atoms with E-state index in [0.29, 0.717) is 24.2 Å². The average molecular weight is 291 g/mol. The smallest absolute Gasteiger partial charge is 0.418 e. The van der Waals surface area contributed by atoms with Crippen molar-refractivity contribution in [3.63, 3.8) is 0 Å². The second-order valence-electron chi connectivity index (χ2n) is 5.47. The zero-order valence-corrected chi connectivity index (χ0v) is 11.1. The summed E-state index contributed by atoms with van der Waals surface area (Å²) >= 11 is 0. The lowest BCUT2D eigenvalue weighted by atomic mass is 10.0. The maximum absolute atomic E-state index is 13.0. The lowest BCUT2D eigenvalue weighted by Crippen LogP contribution is -2.49. The van der Waals surface area contributed by atoms with E-state index in [0.717, 1.165) is 20.0 Å². The monoisotopic (exact) mass is 291 g/mol. The third-order valence-electron chi connectivity index (χ3n) is 3.99. The summed E-state index contributed by atoms with van der Waals surface area (Å²) in [5.41, 5.74) is -2.08. The van der Waals surface area contributed by atoms with E-state index in [9.17, 15) is 13.2 Å². The predicted molar refractivity (Wildman–Crippen MR) is 62.0 cm³/mol. The van der Waals surface area contributed by atoms with Crippen LogP contribution >= 0.6 is 0 Å². The van der Waals surface area contributed by atoms with E-state index in [4.69, 9.17) is 9.15 Å². The molecule has 0 bridgehead atoms. The summed E-state index contributed by atoms with van der Waals surface area (Å²) in [6, 6.07) is 0. The highest BCUT2D eigenvalue weighted by Crippen LogP contribution is 2.41. The maximum Gasteiger partial charge on any atom is 0.418 e. The largest absolute Gasteiger partial charge is 0.424 e. The molecule has 0 radical (unpaired) electrons. The molecular formula is C12H16F3N3O2. The zero-order valence-electron chi connectivity index (χ0n) is 11.1. The Bertz CT molecular complexity index is 487. The highest BCUT2D eigenvalue weighted by Gasteiger charge is 2.58. The van der Waals surface area contributed by atoms with Crippen molar-refractivity contribution in [2.24, 2.45) is 0 Å². The minimum Gasteiger partial charge on any atom is -0.424 e. The highest BCUT2D eigenvalue weighted by molar-refractivity contribution is 5.01. The van der Waals surface area contributed by atoms with E-state index in [2.05, 4.69) is 10.2 Å².